The van der Waals surface area contributed by atoms with Gasteiger partial charge in [0.15, 0.2) is 13.9 Å². The Morgan fingerprint density at radius 1 is 0.875 bits per heavy atom. The molecule has 0 aromatic rings. The van der Waals surface area contributed by atoms with E-state index in [1.807, 2.05) is 19.9 Å². The van der Waals surface area contributed by atoms with Crippen LogP contribution < -0.4 is 0 Å². The molecule has 0 N–H and O–H groups in total. The molecule has 0 amide bonds. The zero-order chi connectivity index (χ0) is 19.6. The van der Waals surface area contributed by atoms with E-state index in [0.29, 0.717) is 0 Å². The van der Waals surface area contributed by atoms with Gasteiger partial charge in [-0.1, -0.05) is 55.4 Å². The van der Waals surface area contributed by atoms with E-state index in [9.17, 15) is 5.26 Å². The lowest BCUT2D eigenvalue weighted by Crippen LogP contribution is -2.50. The van der Waals surface area contributed by atoms with Crippen LogP contribution in [0, 0.1) is 17.2 Å². The van der Waals surface area contributed by atoms with Crippen LogP contribution in [0.5, 0.6) is 0 Å². The number of hydrogen-bond donors (Lipinski definition) is 0. The smallest absolute Gasteiger partial charge is 0.249 e. The summed E-state index contributed by atoms with van der Waals surface area (Å²) < 4.78 is 12.7. The highest BCUT2D eigenvalue weighted by atomic mass is 28.4. The van der Waals surface area contributed by atoms with Crippen molar-refractivity contribution in [2.24, 2.45) is 5.92 Å². The van der Waals surface area contributed by atoms with Crippen molar-refractivity contribution >= 4 is 16.6 Å². The maximum Gasteiger partial charge on any atom is 0.249 e. The average molecular weight is 370 g/mol. The first kappa shape index (κ1) is 23.4. The first-order chi connectivity index (χ1) is 10.4. The number of rotatable bonds is 6. The van der Waals surface area contributed by atoms with Crippen LogP contribution in [0.4, 0.5) is 0 Å². The lowest BCUT2D eigenvalue weighted by atomic mass is 9.92. The summed E-state index contributed by atoms with van der Waals surface area (Å²) in [5, 5.41) is 10.1. The van der Waals surface area contributed by atoms with Gasteiger partial charge in [0, 0.05) is 0 Å². The van der Waals surface area contributed by atoms with Gasteiger partial charge >= 0.3 is 0 Å². The Kier molecular flexibility index (Phi) is 7.17. The minimum atomic E-state index is -2.07. The maximum atomic E-state index is 9.92. The molecule has 140 valence electrons. The van der Waals surface area contributed by atoms with Crippen LogP contribution in [0.25, 0.3) is 0 Å². The molecule has 0 fully saturated rings. The molecule has 24 heavy (non-hydrogen) atoms. The summed E-state index contributed by atoms with van der Waals surface area (Å²) in [7, 11) is -3.96. The Hall–Kier alpha value is -0.576. The van der Waals surface area contributed by atoms with E-state index in [2.05, 4.69) is 73.8 Å². The van der Waals surface area contributed by atoms with Crippen LogP contribution in [0.2, 0.25) is 36.3 Å². The Labute approximate surface area is 152 Å². The van der Waals surface area contributed by atoms with Crippen LogP contribution in [-0.2, 0) is 8.85 Å². The zero-order valence-corrected chi connectivity index (χ0v) is 20.0. The van der Waals surface area contributed by atoms with E-state index in [1.54, 1.807) is 6.26 Å². The van der Waals surface area contributed by atoms with E-state index in [-0.39, 0.29) is 16.0 Å². The first-order valence-corrected chi connectivity index (χ1v) is 14.7. The average Bonchev–Trinajstić information content (AvgIpc) is 2.33. The van der Waals surface area contributed by atoms with Crippen LogP contribution >= 0.6 is 0 Å². The van der Waals surface area contributed by atoms with Crippen molar-refractivity contribution < 1.29 is 8.85 Å². The van der Waals surface area contributed by atoms with Gasteiger partial charge in [0.05, 0.1) is 6.26 Å². The summed E-state index contributed by atoms with van der Waals surface area (Å²) in [4.78, 5) is 0. The highest BCUT2D eigenvalue weighted by Crippen LogP contribution is 2.41. The van der Waals surface area contributed by atoms with E-state index >= 15 is 0 Å². The summed E-state index contributed by atoms with van der Waals surface area (Å²) in [5.41, 5.74) is -0.939. The van der Waals surface area contributed by atoms with E-state index in [4.69, 9.17) is 8.85 Å². The van der Waals surface area contributed by atoms with Gasteiger partial charge < -0.3 is 8.85 Å². The predicted octanol–water partition coefficient (Wildman–Crippen LogP) is 6.46. The van der Waals surface area contributed by atoms with Crippen LogP contribution in [-0.4, -0.2) is 22.2 Å². The first-order valence-electron chi connectivity index (χ1n) is 8.89. The molecular weight excluding hydrogens is 330 g/mol. The monoisotopic (exact) mass is 369 g/mol. The van der Waals surface area contributed by atoms with Crippen molar-refractivity contribution in [1.29, 1.82) is 5.26 Å². The van der Waals surface area contributed by atoms with E-state index in [0.717, 1.165) is 0 Å². The van der Waals surface area contributed by atoms with Crippen molar-refractivity contribution in [2.45, 2.75) is 97.3 Å². The highest BCUT2D eigenvalue weighted by molar-refractivity contribution is 6.74. The van der Waals surface area contributed by atoms with Gasteiger partial charge in [0.1, 0.15) is 6.07 Å². The molecule has 0 aliphatic heterocycles. The Bertz CT molecular complexity index is 491. The van der Waals surface area contributed by atoms with Gasteiger partial charge in [0.25, 0.3) is 0 Å². The molecule has 0 heterocycles. The normalized spacial score (nSPS) is 17.0. The summed E-state index contributed by atoms with van der Waals surface area (Å²) in [6, 6.07) is 2.43. The second kappa shape index (κ2) is 7.35. The third-order valence-electron chi connectivity index (χ3n) is 5.75. The van der Waals surface area contributed by atoms with Crippen LogP contribution in [0.3, 0.4) is 0 Å². The van der Waals surface area contributed by atoms with Crippen molar-refractivity contribution in [3.8, 4) is 6.07 Å². The minimum Gasteiger partial charge on any atom is -0.549 e. The van der Waals surface area contributed by atoms with Crippen LogP contribution in [0.15, 0.2) is 12.3 Å². The molecule has 0 rings (SSSR count). The largest absolute Gasteiger partial charge is 0.549 e. The fourth-order valence-electron chi connectivity index (χ4n) is 1.59. The molecule has 0 saturated carbocycles. The van der Waals surface area contributed by atoms with Crippen molar-refractivity contribution in [3.05, 3.63) is 12.3 Å². The van der Waals surface area contributed by atoms with Crippen molar-refractivity contribution in [1.82, 2.24) is 0 Å². The zero-order valence-electron chi connectivity index (χ0n) is 18.0. The molecule has 5 heteroatoms. The molecule has 0 spiro atoms. The van der Waals surface area contributed by atoms with E-state index in [1.165, 1.54) is 0 Å². The number of hydrogen-bond acceptors (Lipinski definition) is 3. The SMILES string of the molecule is CC(C)[C@](C#N)(/C=C/O[Si](C)(C)C(C)(C)C)O[Si](C)(C)C(C)(C)C. The molecule has 0 bridgehead atoms. The molecule has 0 unspecified atom stereocenters. The molecule has 0 radical (unpaired) electrons. The second-order valence-electron chi connectivity index (χ2n) is 10.1. The van der Waals surface area contributed by atoms with Gasteiger partial charge in [-0.2, -0.15) is 5.26 Å². The maximum absolute atomic E-state index is 9.92. The summed E-state index contributed by atoms with van der Waals surface area (Å²) in [6.07, 6.45) is 3.58. The standard InChI is InChI=1S/C19H39NO2Si2/c1-16(2)19(15-20,22-24(11,12)18(6,7)8)13-14-21-23(9,10)17(3,4)5/h13-14,16H,1-12H3/b14-13+/t19-/m1/s1. The highest BCUT2D eigenvalue weighted by Gasteiger charge is 2.46. The van der Waals surface area contributed by atoms with E-state index < -0.39 is 22.2 Å². The Morgan fingerprint density at radius 3 is 1.58 bits per heavy atom. The third kappa shape index (κ3) is 5.47. The molecule has 0 aromatic carbocycles. The lowest BCUT2D eigenvalue weighted by Gasteiger charge is -2.43. The third-order valence-corrected chi connectivity index (χ3v) is 14.5. The molecule has 0 aliphatic carbocycles. The van der Waals surface area contributed by atoms with Gasteiger partial charge in [-0.15, -0.1) is 0 Å². The topological polar surface area (TPSA) is 42.2 Å². The van der Waals surface area contributed by atoms with Crippen LogP contribution in [0.1, 0.15) is 55.4 Å². The molecule has 0 aliphatic rings. The Morgan fingerprint density at radius 2 is 1.29 bits per heavy atom. The quantitative estimate of drug-likeness (QED) is 0.398. The molecule has 1 atom stereocenters. The van der Waals surface area contributed by atoms with Gasteiger partial charge in [-0.25, -0.2) is 0 Å². The number of nitrogens with zero attached hydrogens (tertiary/aromatic N) is 1. The predicted molar refractivity (Wildman–Crippen MR) is 109 cm³/mol. The van der Waals surface area contributed by atoms with Gasteiger partial charge in [-0.3, -0.25) is 0 Å². The lowest BCUT2D eigenvalue weighted by molar-refractivity contribution is 0.108. The van der Waals surface area contributed by atoms with Crippen molar-refractivity contribution in [2.75, 3.05) is 0 Å². The van der Waals surface area contributed by atoms with Gasteiger partial charge in [0.2, 0.25) is 8.32 Å². The Balaban J connectivity index is 5.60. The fraction of sp³-hybridized carbons (Fsp3) is 0.842. The van der Waals surface area contributed by atoms with Gasteiger partial charge in [-0.05, 0) is 48.3 Å². The van der Waals surface area contributed by atoms with Crippen molar-refractivity contribution in [3.63, 3.8) is 0 Å². The number of nitriles is 1. The molecular formula is C19H39NO2Si2. The minimum absolute atomic E-state index is 0.0518. The molecule has 0 aromatic heterocycles. The second-order valence-corrected chi connectivity index (χ2v) is 19.6. The summed E-state index contributed by atoms with van der Waals surface area (Å²) in [6.45, 7) is 26.0. The molecule has 3 nitrogen and oxygen atoms in total. The summed E-state index contributed by atoms with van der Waals surface area (Å²) >= 11 is 0. The molecule has 0 saturated heterocycles. The fourth-order valence-corrected chi connectivity index (χ4v) is 3.85. The summed E-state index contributed by atoms with van der Waals surface area (Å²) in [5.74, 6) is 0.0518.